The van der Waals surface area contributed by atoms with Crippen LogP contribution in [0.3, 0.4) is 0 Å². The SMILES string of the molecule is CC(C)(C)C(c1cc(-c2cc(F)ccc2F)cn1Cc1ccccc1)N(CC1CCNC1)C(=O)CSCCC(=O)NCCOCCOCCNC(=O)CCCCCN1C(=O)C=CC1=O.CC(C)(F)F. The third kappa shape index (κ3) is 20.8. The highest BCUT2D eigenvalue weighted by Crippen LogP contribution is 2.42. The number of nitrogens with one attached hydrogen (secondary N) is 3. The minimum absolute atomic E-state index is 0.0426. The van der Waals surface area contributed by atoms with Crippen LogP contribution in [-0.2, 0) is 40.0 Å². The van der Waals surface area contributed by atoms with Gasteiger partial charge in [0, 0.05) is 86.5 Å². The average molecular weight is 987 g/mol. The minimum Gasteiger partial charge on any atom is -0.377 e. The van der Waals surface area contributed by atoms with E-state index in [1.54, 1.807) is 0 Å². The van der Waals surface area contributed by atoms with E-state index in [2.05, 4.69) is 41.3 Å². The Balaban J connectivity index is 0.00000197. The first kappa shape index (κ1) is 56.5. The second-order valence-corrected chi connectivity index (χ2v) is 19.7. The highest BCUT2D eigenvalue weighted by molar-refractivity contribution is 7.99. The van der Waals surface area contributed by atoms with Gasteiger partial charge in [0.1, 0.15) is 11.6 Å². The number of benzene rings is 2. The molecule has 0 saturated carbocycles. The molecule has 0 bridgehead atoms. The van der Waals surface area contributed by atoms with Crippen LogP contribution in [0.5, 0.6) is 0 Å². The molecule has 1 saturated heterocycles. The number of ether oxygens (including phenoxy) is 2. The van der Waals surface area contributed by atoms with E-state index in [9.17, 15) is 37.1 Å². The number of aromatic nitrogens is 1. The molecule has 2 aromatic carbocycles. The molecule has 0 aliphatic carbocycles. The van der Waals surface area contributed by atoms with Gasteiger partial charge < -0.3 is 34.9 Å². The van der Waals surface area contributed by atoms with Gasteiger partial charge in [0.25, 0.3) is 11.8 Å². The number of hydrogen-bond donors (Lipinski definition) is 3. The monoisotopic (exact) mass is 986 g/mol. The molecule has 0 spiro atoms. The Bertz CT molecular complexity index is 2120. The molecule has 1 fully saturated rings. The molecule has 380 valence electrons. The van der Waals surface area contributed by atoms with Gasteiger partial charge in [-0.3, -0.25) is 28.9 Å². The molecule has 13 nitrogen and oxygen atoms in total. The Morgan fingerprint density at radius 2 is 1.49 bits per heavy atom. The number of nitrogens with zero attached hydrogens (tertiary/aromatic N) is 3. The van der Waals surface area contributed by atoms with E-state index < -0.39 is 29.0 Å². The molecule has 2 aliphatic rings. The predicted octanol–water partition coefficient (Wildman–Crippen LogP) is 7.54. The summed E-state index contributed by atoms with van der Waals surface area (Å²) >= 11 is 1.42. The van der Waals surface area contributed by atoms with Crippen molar-refractivity contribution in [3.63, 3.8) is 0 Å². The van der Waals surface area contributed by atoms with E-state index in [0.717, 1.165) is 63.2 Å². The maximum atomic E-state index is 15.2. The van der Waals surface area contributed by atoms with Gasteiger partial charge >= 0.3 is 0 Å². The Kier molecular flexibility index (Phi) is 23.4. The van der Waals surface area contributed by atoms with Crippen LogP contribution in [0.1, 0.15) is 90.4 Å². The lowest BCUT2D eigenvalue weighted by molar-refractivity contribution is -0.137. The second kappa shape index (κ2) is 28.6. The van der Waals surface area contributed by atoms with E-state index >= 15 is 4.39 Å². The number of imide groups is 1. The first-order valence-electron chi connectivity index (χ1n) is 23.7. The number of rotatable bonds is 27. The van der Waals surface area contributed by atoms with Gasteiger partial charge in [-0.05, 0) is 87.4 Å². The molecule has 2 unspecified atom stereocenters. The van der Waals surface area contributed by atoms with Crippen LogP contribution in [-0.4, -0.2) is 127 Å². The smallest absolute Gasteiger partial charge is 0.253 e. The van der Waals surface area contributed by atoms with Crippen molar-refractivity contribution >= 4 is 41.3 Å². The maximum Gasteiger partial charge on any atom is 0.253 e. The quantitative estimate of drug-likeness (QED) is 0.0400. The van der Waals surface area contributed by atoms with Gasteiger partial charge in [0.15, 0.2) is 0 Å². The van der Waals surface area contributed by atoms with Crippen LogP contribution < -0.4 is 16.0 Å². The van der Waals surface area contributed by atoms with Crippen LogP contribution in [0.2, 0.25) is 0 Å². The zero-order valence-corrected chi connectivity index (χ0v) is 41.5. The van der Waals surface area contributed by atoms with Gasteiger partial charge in [-0.15, -0.1) is 0 Å². The predicted molar refractivity (Wildman–Crippen MR) is 260 cm³/mol. The Hall–Kier alpha value is -5.04. The lowest BCUT2D eigenvalue weighted by Crippen LogP contribution is -2.45. The first-order chi connectivity index (χ1) is 32.8. The Morgan fingerprint density at radius 3 is 2.10 bits per heavy atom. The van der Waals surface area contributed by atoms with E-state index in [-0.39, 0.29) is 53.2 Å². The molecular formula is C51H70F4N6O7S. The number of halogens is 4. The second-order valence-electron chi connectivity index (χ2n) is 18.6. The van der Waals surface area contributed by atoms with Crippen molar-refractivity contribution in [1.82, 2.24) is 30.3 Å². The van der Waals surface area contributed by atoms with Crippen LogP contribution >= 0.6 is 11.8 Å². The fourth-order valence-corrected chi connectivity index (χ4v) is 8.74. The summed E-state index contributed by atoms with van der Waals surface area (Å²) in [5, 5.41) is 9.09. The summed E-state index contributed by atoms with van der Waals surface area (Å²) in [6, 6.07) is 14.9. The summed E-state index contributed by atoms with van der Waals surface area (Å²) < 4.78 is 64.8. The van der Waals surface area contributed by atoms with E-state index in [0.29, 0.717) is 89.7 Å². The molecule has 5 amide bonds. The summed E-state index contributed by atoms with van der Waals surface area (Å²) in [5.74, 6) is -3.50. The van der Waals surface area contributed by atoms with E-state index in [4.69, 9.17) is 9.47 Å². The Labute approximate surface area is 408 Å². The number of amides is 5. The summed E-state index contributed by atoms with van der Waals surface area (Å²) in [7, 11) is 0. The van der Waals surface area contributed by atoms with Crippen molar-refractivity contribution in [2.75, 3.05) is 77.2 Å². The number of thioether (sulfide) groups is 1. The third-order valence-electron chi connectivity index (χ3n) is 11.1. The largest absolute Gasteiger partial charge is 0.377 e. The average Bonchev–Trinajstić information content (AvgIpc) is 4.03. The standard InChI is InChI=1S/C48H64F2N6O7S.C3H6F2/c1-48(2,3)47(41-28-37(39-29-38(49)13-14-40(39)50)33-54(41)31-35-10-6-4-7-11-35)56(32-36-17-19-51-30-36)46(61)34-64-27-18-43(58)53-21-24-63-26-25-62-23-20-52-42(57)12-8-5-9-22-55-44(59)15-16-45(55)60;1-3(2,4)5/h4,6-7,10-11,13-16,28-29,33,36,47,51H,5,8-9,12,17-27,30-32,34H2,1-3H3,(H,52,57)(H,53,58);1-2H3. The zero-order chi connectivity index (χ0) is 50.4. The van der Waals surface area contributed by atoms with E-state index in [1.165, 1.54) is 34.9 Å². The van der Waals surface area contributed by atoms with Gasteiger partial charge in [0.2, 0.25) is 23.6 Å². The molecular weight excluding hydrogens is 917 g/mol. The summed E-state index contributed by atoms with van der Waals surface area (Å²) in [4.78, 5) is 65.4. The third-order valence-corrected chi connectivity index (χ3v) is 12.1. The van der Waals surface area contributed by atoms with Gasteiger partial charge in [-0.2, -0.15) is 11.8 Å². The van der Waals surface area contributed by atoms with Gasteiger partial charge in [-0.25, -0.2) is 17.6 Å². The van der Waals surface area contributed by atoms with Crippen LogP contribution in [0.15, 0.2) is 72.9 Å². The van der Waals surface area contributed by atoms with Gasteiger partial charge in [-0.1, -0.05) is 57.5 Å². The normalized spacial score (nSPS) is 15.3. The maximum absolute atomic E-state index is 15.2. The number of carbonyl (C=O) groups excluding carboxylic acids is 5. The molecule has 0 radical (unpaired) electrons. The molecule has 3 N–H and O–H groups in total. The van der Waals surface area contributed by atoms with Crippen molar-refractivity contribution in [3.8, 4) is 11.1 Å². The molecule has 3 aromatic rings. The van der Waals surface area contributed by atoms with Crippen molar-refractivity contribution in [1.29, 1.82) is 0 Å². The van der Waals surface area contributed by atoms with Crippen LogP contribution in [0, 0.1) is 23.0 Å². The molecule has 1 aromatic heterocycles. The first-order valence-corrected chi connectivity index (χ1v) is 24.8. The zero-order valence-electron chi connectivity index (χ0n) is 40.6. The highest BCUT2D eigenvalue weighted by Gasteiger charge is 2.38. The summed E-state index contributed by atoms with van der Waals surface area (Å²) in [6.45, 7) is 13.1. The van der Waals surface area contributed by atoms with Crippen LogP contribution in [0.25, 0.3) is 11.1 Å². The fraction of sp³-hybridized carbons (Fsp3) is 0.549. The van der Waals surface area contributed by atoms with Crippen molar-refractivity contribution in [3.05, 3.63) is 95.8 Å². The van der Waals surface area contributed by atoms with Gasteiger partial charge in [0.05, 0.1) is 38.2 Å². The minimum atomic E-state index is -2.50. The summed E-state index contributed by atoms with van der Waals surface area (Å²) in [6.07, 6.45) is 7.98. The van der Waals surface area contributed by atoms with Crippen molar-refractivity contribution in [2.24, 2.45) is 11.3 Å². The lowest BCUT2D eigenvalue weighted by atomic mass is 9.82. The number of unbranched alkanes of at least 4 members (excludes halogenated alkanes) is 2. The van der Waals surface area contributed by atoms with Crippen molar-refractivity contribution in [2.45, 2.75) is 91.7 Å². The molecule has 5 rings (SSSR count). The fourth-order valence-electron chi connectivity index (χ4n) is 7.93. The number of carbonyl (C=O) groups is 5. The summed E-state index contributed by atoms with van der Waals surface area (Å²) in [5.41, 5.74) is 2.14. The number of alkyl halides is 2. The lowest BCUT2D eigenvalue weighted by Gasteiger charge is -2.42. The Morgan fingerprint density at radius 1 is 0.855 bits per heavy atom. The topological polar surface area (TPSA) is 151 Å². The number of hydrogen-bond acceptors (Lipinski definition) is 9. The van der Waals surface area contributed by atoms with E-state index in [1.807, 2.05) is 47.5 Å². The molecule has 3 heterocycles. The van der Waals surface area contributed by atoms with Crippen LogP contribution in [0.4, 0.5) is 17.6 Å². The molecule has 2 atom stereocenters. The molecule has 18 heteroatoms. The molecule has 69 heavy (non-hydrogen) atoms. The molecule has 2 aliphatic heterocycles. The highest BCUT2D eigenvalue weighted by atomic mass is 32.2. The van der Waals surface area contributed by atoms with Crippen molar-refractivity contribution < 1.29 is 51.0 Å².